The second-order valence-corrected chi connectivity index (χ2v) is 5.36. The first-order valence-corrected chi connectivity index (χ1v) is 7.04. The predicted octanol–water partition coefficient (Wildman–Crippen LogP) is 1.51. The Kier molecular flexibility index (Phi) is 3.53. The minimum atomic E-state index is -0.112. The molecular formula is C15H20N2O3. The fraction of sp³-hybridized carbons (Fsp3) is 0.533. The lowest BCUT2D eigenvalue weighted by Crippen LogP contribution is -2.36. The Bertz CT molecular complexity index is 512. The maximum absolute atomic E-state index is 12.2. The number of ether oxygens (including phenoxy) is 2. The van der Waals surface area contributed by atoms with Gasteiger partial charge in [0.05, 0.1) is 31.4 Å². The molecule has 2 aliphatic heterocycles. The lowest BCUT2D eigenvalue weighted by Gasteiger charge is -2.30. The maximum Gasteiger partial charge on any atom is 0.233 e. The zero-order chi connectivity index (χ0) is 14.1. The number of carbonyl (C=O) groups excluding carboxylic acids is 1. The van der Waals surface area contributed by atoms with Crippen LogP contribution in [0.5, 0.6) is 5.75 Å². The van der Waals surface area contributed by atoms with E-state index in [1.54, 1.807) is 4.90 Å². The molecule has 0 aliphatic carbocycles. The van der Waals surface area contributed by atoms with Gasteiger partial charge in [-0.1, -0.05) is 6.92 Å². The van der Waals surface area contributed by atoms with Gasteiger partial charge >= 0.3 is 0 Å². The number of rotatable bonds is 1. The molecule has 1 atom stereocenters. The van der Waals surface area contributed by atoms with E-state index in [4.69, 9.17) is 9.47 Å². The van der Waals surface area contributed by atoms with Gasteiger partial charge in [0.25, 0.3) is 0 Å². The number of nitrogens with zero attached hydrogens (tertiary/aromatic N) is 2. The summed E-state index contributed by atoms with van der Waals surface area (Å²) in [5, 5.41) is 0. The van der Waals surface area contributed by atoms with E-state index in [1.807, 2.05) is 26.1 Å². The lowest BCUT2D eigenvalue weighted by atomic mass is 10.1. The molecular weight excluding hydrogens is 256 g/mol. The van der Waals surface area contributed by atoms with Crippen LogP contribution in [-0.2, 0) is 9.53 Å². The maximum atomic E-state index is 12.2. The normalized spacial score (nSPS) is 23.1. The van der Waals surface area contributed by atoms with Crippen LogP contribution >= 0.6 is 0 Å². The van der Waals surface area contributed by atoms with E-state index in [0.717, 1.165) is 43.4 Å². The first-order valence-electron chi connectivity index (χ1n) is 7.04. The summed E-state index contributed by atoms with van der Waals surface area (Å²) in [4.78, 5) is 16.2. The van der Waals surface area contributed by atoms with Crippen molar-refractivity contribution in [2.75, 3.05) is 49.8 Å². The zero-order valence-corrected chi connectivity index (χ0v) is 12.0. The zero-order valence-electron chi connectivity index (χ0n) is 12.0. The number of amides is 1. The minimum absolute atomic E-state index is 0.0999. The van der Waals surface area contributed by atoms with E-state index >= 15 is 0 Å². The Morgan fingerprint density at radius 1 is 1.25 bits per heavy atom. The summed E-state index contributed by atoms with van der Waals surface area (Å²) in [6, 6.07) is 6.05. The fourth-order valence-electron chi connectivity index (χ4n) is 2.64. The van der Waals surface area contributed by atoms with Crippen LogP contribution in [0, 0.1) is 5.92 Å². The summed E-state index contributed by atoms with van der Waals surface area (Å²) < 4.78 is 11.1. The molecule has 5 nitrogen and oxygen atoms in total. The van der Waals surface area contributed by atoms with E-state index in [9.17, 15) is 4.79 Å². The Balaban J connectivity index is 1.93. The van der Waals surface area contributed by atoms with Crippen LogP contribution in [0.2, 0.25) is 0 Å². The molecule has 2 aliphatic rings. The molecule has 1 amide bonds. The first kappa shape index (κ1) is 13.2. The molecule has 0 saturated carbocycles. The Morgan fingerprint density at radius 2 is 2.00 bits per heavy atom. The number of anilines is 2. The van der Waals surface area contributed by atoms with Crippen molar-refractivity contribution in [3.05, 3.63) is 18.2 Å². The van der Waals surface area contributed by atoms with Gasteiger partial charge in [-0.3, -0.25) is 4.79 Å². The molecule has 20 heavy (non-hydrogen) atoms. The Morgan fingerprint density at radius 3 is 2.75 bits per heavy atom. The molecule has 1 aromatic carbocycles. The van der Waals surface area contributed by atoms with Gasteiger partial charge in [-0.2, -0.15) is 0 Å². The third kappa shape index (κ3) is 2.33. The lowest BCUT2D eigenvalue weighted by molar-refractivity contribution is -0.122. The summed E-state index contributed by atoms with van der Waals surface area (Å²) in [7, 11) is 1.81. The molecule has 1 aromatic rings. The molecule has 0 radical (unpaired) electrons. The smallest absolute Gasteiger partial charge is 0.233 e. The Hall–Kier alpha value is -1.75. The molecule has 0 aromatic heterocycles. The highest BCUT2D eigenvalue weighted by Gasteiger charge is 2.26. The van der Waals surface area contributed by atoms with Crippen molar-refractivity contribution >= 4 is 17.3 Å². The standard InChI is InChI=1S/C15H20N2O3/c1-11-10-20-14-4-3-12(17-5-7-19-8-6-17)9-13(14)16(2)15(11)18/h3-4,9,11H,5-8,10H2,1-2H3. The van der Waals surface area contributed by atoms with E-state index in [-0.39, 0.29) is 11.8 Å². The van der Waals surface area contributed by atoms with Gasteiger partial charge in [0.1, 0.15) is 5.75 Å². The van der Waals surface area contributed by atoms with Crippen molar-refractivity contribution in [2.24, 2.45) is 5.92 Å². The number of hydrogen-bond acceptors (Lipinski definition) is 4. The molecule has 1 unspecified atom stereocenters. The fourth-order valence-corrected chi connectivity index (χ4v) is 2.64. The van der Waals surface area contributed by atoms with E-state index in [1.165, 1.54) is 0 Å². The van der Waals surface area contributed by atoms with E-state index in [2.05, 4.69) is 11.0 Å². The van der Waals surface area contributed by atoms with Crippen LogP contribution in [0.15, 0.2) is 18.2 Å². The van der Waals surface area contributed by atoms with Gasteiger partial charge < -0.3 is 19.3 Å². The molecule has 3 rings (SSSR count). The second-order valence-electron chi connectivity index (χ2n) is 5.36. The van der Waals surface area contributed by atoms with Gasteiger partial charge in [-0.25, -0.2) is 0 Å². The van der Waals surface area contributed by atoms with Crippen molar-refractivity contribution < 1.29 is 14.3 Å². The highest BCUT2D eigenvalue weighted by atomic mass is 16.5. The van der Waals surface area contributed by atoms with Gasteiger partial charge in [0.2, 0.25) is 5.91 Å². The molecule has 0 N–H and O–H groups in total. The molecule has 5 heteroatoms. The van der Waals surface area contributed by atoms with E-state index < -0.39 is 0 Å². The van der Waals surface area contributed by atoms with Crippen molar-refractivity contribution in [3.8, 4) is 5.75 Å². The average molecular weight is 276 g/mol. The molecule has 0 bridgehead atoms. The quantitative estimate of drug-likeness (QED) is 0.780. The summed E-state index contributed by atoms with van der Waals surface area (Å²) in [5.74, 6) is 0.768. The molecule has 1 saturated heterocycles. The number of carbonyl (C=O) groups is 1. The molecule has 0 spiro atoms. The summed E-state index contributed by atoms with van der Waals surface area (Å²) in [6.45, 7) is 5.60. The van der Waals surface area contributed by atoms with Crippen LogP contribution in [0.1, 0.15) is 6.92 Å². The van der Waals surface area contributed by atoms with Crippen LogP contribution in [0.4, 0.5) is 11.4 Å². The van der Waals surface area contributed by atoms with Gasteiger partial charge in [0, 0.05) is 25.8 Å². The van der Waals surface area contributed by atoms with Crippen LogP contribution in [0.3, 0.4) is 0 Å². The van der Waals surface area contributed by atoms with Crippen LogP contribution < -0.4 is 14.5 Å². The summed E-state index contributed by atoms with van der Waals surface area (Å²) in [5.41, 5.74) is 1.97. The third-order valence-corrected chi connectivity index (χ3v) is 3.92. The monoisotopic (exact) mass is 276 g/mol. The number of morpholine rings is 1. The second kappa shape index (κ2) is 5.32. The molecule has 2 heterocycles. The highest BCUT2D eigenvalue weighted by molar-refractivity contribution is 5.97. The number of fused-ring (bicyclic) bond motifs is 1. The Labute approximate surface area is 119 Å². The molecule has 108 valence electrons. The predicted molar refractivity (Wildman–Crippen MR) is 77.5 cm³/mol. The highest BCUT2D eigenvalue weighted by Crippen LogP contribution is 2.35. The molecule has 1 fully saturated rings. The number of hydrogen-bond donors (Lipinski definition) is 0. The number of benzene rings is 1. The van der Waals surface area contributed by atoms with Crippen molar-refractivity contribution in [1.29, 1.82) is 0 Å². The van der Waals surface area contributed by atoms with Crippen molar-refractivity contribution in [2.45, 2.75) is 6.92 Å². The van der Waals surface area contributed by atoms with Gasteiger partial charge in [-0.15, -0.1) is 0 Å². The topological polar surface area (TPSA) is 42.0 Å². The first-order chi connectivity index (χ1) is 9.66. The van der Waals surface area contributed by atoms with Crippen molar-refractivity contribution in [3.63, 3.8) is 0 Å². The average Bonchev–Trinajstić information content (AvgIpc) is 2.61. The minimum Gasteiger partial charge on any atom is -0.491 e. The van der Waals surface area contributed by atoms with Crippen LogP contribution in [-0.4, -0.2) is 45.9 Å². The summed E-state index contributed by atoms with van der Waals surface area (Å²) in [6.07, 6.45) is 0. The van der Waals surface area contributed by atoms with E-state index in [0.29, 0.717) is 6.61 Å². The van der Waals surface area contributed by atoms with Gasteiger partial charge in [-0.05, 0) is 18.2 Å². The third-order valence-electron chi connectivity index (χ3n) is 3.92. The van der Waals surface area contributed by atoms with Crippen LogP contribution in [0.25, 0.3) is 0 Å². The van der Waals surface area contributed by atoms with Gasteiger partial charge in [0.15, 0.2) is 0 Å². The van der Waals surface area contributed by atoms with Crippen molar-refractivity contribution in [1.82, 2.24) is 0 Å². The summed E-state index contributed by atoms with van der Waals surface area (Å²) >= 11 is 0. The largest absolute Gasteiger partial charge is 0.491 e. The SMILES string of the molecule is CC1COc2ccc(N3CCOCC3)cc2N(C)C1=O.